The van der Waals surface area contributed by atoms with Gasteiger partial charge in [0.05, 0.1) is 29.4 Å². The quantitative estimate of drug-likeness (QED) is 0.109. The van der Waals surface area contributed by atoms with Gasteiger partial charge in [0, 0.05) is 19.8 Å². The minimum atomic E-state index is -1.01. The number of allylic oxidation sites excluding steroid dienone is 1. The van der Waals surface area contributed by atoms with Gasteiger partial charge in [-0.2, -0.15) is 0 Å². The Balaban J connectivity index is 0.000000316. The van der Waals surface area contributed by atoms with Gasteiger partial charge in [-0.25, -0.2) is 4.79 Å². The summed E-state index contributed by atoms with van der Waals surface area (Å²) in [5.74, 6) is -0.261. The highest BCUT2D eigenvalue weighted by atomic mass is 35.5. The molecule has 0 saturated heterocycles. The molecule has 0 bridgehead atoms. The number of rotatable bonds is 13. The van der Waals surface area contributed by atoms with Crippen LogP contribution >= 0.6 is 11.6 Å². The fourth-order valence-corrected chi connectivity index (χ4v) is 4.78. The predicted octanol–water partition coefficient (Wildman–Crippen LogP) is 6.73. The Kier molecular flexibility index (Phi) is 19.3. The Morgan fingerprint density at radius 1 is 0.962 bits per heavy atom. The van der Waals surface area contributed by atoms with Crippen LogP contribution < -0.4 is 10.6 Å². The van der Waals surface area contributed by atoms with Crippen molar-refractivity contribution in [1.82, 2.24) is 10.6 Å². The number of oxime groups is 1. The number of ketones is 1. The number of amides is 1. The number of alkyl carbamates (subject to hydrolysis) is 1. The summed E-state index contributed by atoms with van der Waals surface area (Å²) in [6, 6.07) is 24.0. The van der Waals surface area contributed by atoms with Crippen molar-refractivity contribution in [3.05, 3.63) is 106 Å². The molecule has 0 spiro atoms. The number of aromatic hydroxyl groups is 1. The van der Waals surface area contributed by atoms with E-state index in [2.05, 4.69) is 29.6 Å². The Bertz CT molecular complexity index is 1620. The molecule has 0 radical (unpaired) electrons. The van der Waals surface area contributed by atoms with E-state index in [4.69, 9.17) is 35.8 Å². The summed E-state index contributed by atoms with van der Waals surface area (Å²) in [6.07, 6.45) is 4.10. The fourth-order valence-electron chi connectivity index (χ4n) is 4.53. The molecule has 3 aromatic rings. The standard InChI is InChI=1S/C20H20N2O4.C14H16ClNO3.C3H8.C2H4O2/c23-15-20(11-16-7-3-1-4-8-16)12-18(22-26-20)13-21-19(24)25-14-17-9-5-2-6-10-17;1-16-7-10(17)8-19-14(9-5-6-9)13-11(15)3-2-4-12(13)18;1-3-2;1-2(3)4/h1-10,15H,11-14H2,(H,21,24);2-4,16,18H,5-8H2,1H3;3H2,1-2H3;1H3,(H,3,4). The Hall–Kier alpha value is -5.20. The van der Waals surface area contributed by atoms with Crippen LogP contribution in [-0.4, -0.2) is 72.4 Å². The minimum Gasteiger partial charge on any atom is -0.507 e. The summed E-state index contributed by atoms with van der Waals surface area (Å²) in [5.41, 5.74) is 3.06. The van der Waals surface area contributed by atoms with Gasteiger partial charge >= 0.3 is 6.09 Å². The molecule has 4 N–H and O–H groups in total. The second kappa shape index (κ2) is 23.3. The molecule has 1 amide bonds. The van der Waals surface area contributed by atoms with E-state index in [-0.39, 0.29) is 37.8 Å². The number of likely N-dealkylation sites (N-methyl/N-ethyl adjacent to an activating group) is 1. The number of carboxylic acids is 1. The van der Waals surface area contributed by atoms with Gasteiger partial charge in [-0.15, -0.1) is 0 Å². The Morgan fingerprint density at radius 3 is 2.10 bits per heavy atom. The van der Waals surface area contributed by atoms with Crippen LogP contribution in [0.1, 0.15) is 63.1 Å². The number of carbonyl (C=O) groups excluding carboxylic acids is 3. The van der Waals surface area contributed by atoms with Crippen molar-refractivity contribution < 1.29 is 43.7 Å². The first-order chi connectivity index (χ1) is 25.0. The number of phenolic OH excluding ortho intramolecular Hbond substituents is 1. The summed E-state index contributed by atoms with van der Waals surface area (Å²) in [7, 11) is 1.71. The third-order valence-corrected chi connectivity index (χ3v) is 7.18. The number of carboxylic acid groups (broad SMARTS) is 1. The monoisotopic (exact) mass is 737 g/mol. The van der Waals surface area contributed by atoms with E-state index in [1.54, 1.807) is 25.2 Å². The number of phenols is 1. The topological polar surface area (TPSA) is 173 Å². The molecule has 2 aliphatic rings. The SMILES string of the molecule is CC(=O)O.CCC.CNCC(=O)COC(=C1CC1)c1c(O)cccc1Cl.O=CC1(Cc2ccccc2)CC(CNC(=O)OCc2ccccc2)=NO1. The summed E-state index contributed by atoms with van der Waals surface area (Å²) in [6.45, 7) is 5.95. The zero-order chi connectivity index (χ0) is 38.4. The lowest BCUT2D eigenvalue weighted by Gasteiger charge is -2.19. The van der Waals surface area contributed by atoms with E-state index in [0.29, 0.717) is 34.9 Å². The number of hydrogen-bond donors (Lipinski definition) is 4. The van der Waals surface area contributed by atoms with Crippen LogP contribution in [0.4, 0.5) is 4.79 Å². The van der Waals surface area contributed by atoms with Crippen molar-refractivity contribution in [3.63, 3.8) is 0 Å². The van der Waals surface area contributed by atoms with Crippen molar-refractivity contribution in [1.29, 1.82) is 0 Å². The van der Waals surface area contributed by atoms with Crippen LogP contribution in [0.25, 0.3) is 5.76 Å². The number of Topliss-reactive ketones (excluding diaryl/α,β-unsaturated/α-hetero) is 1. The first kappa shape index (κ1) is 43.0. The molecule has 1 unspecified atom stereocenters. The normalized spacial score (nSPS) is 14.9. The van der Waals surface area contributed by atoms with Crippen LogP contribution in [-0.2, 0) is 41.7 Å². The number of nitrogens with zero attached hydrogens (tertiary/aromatic N) is 1. The molecular formula is C39H48ClN3O9. The molecule has 5 rings (SSSR count). The van der Waals surface area contributed by atoms with Crippen molar-refractivity contribution in [2.45, 2.75) is 65.1 Å². The molecule has 1 heterocycles. The maximum absolute atomic E-state index is 11.8. The van der Waals surface area contributed by atoms with Crippen molar-refractivity contribution in [2.24, 2.45) is 5.16 Å². The summed E-state index contributed by atoms with van der Waals surface area (Å²) >= 11 is 6.10. The third kappa shape index (κ3) is 16.2. The maximum Gasteiger partial charge on any atom is 0.407 e. The maximum atomic E-state index is 11.8. The molecule has 13 heteroatoms. The van der Waals surface area contributed by atoms with Crippen molar-refractivity contribution in [2.75, 3.05) is 26.7 Å². The predicted molar refractivity (Wildman–Crippen MR) is 200 cm³/mol. The first-order valence-corrected chi connectivity index (χ1v) is 17.2. The van der Waals surface area contributed by atoms with Crippen molar-refractivity contribution in [3.8, 4) is 5.75 Å². The number of halogens is 1. The second-order valence-electron chi connectivity index (χ2n) is 11.8. The molecule has 0 aromatic heterocycles. The number of aldehydes is 1. The van der Waals surface area contributed by atoms with Crippen LogP contribution in [0.15, 0.2) is 89.6 Å². The van der Waals surface area contributed by atoms with Gasteiger partial charge < -0.3 is 35.2 Å². The summed E-state index contributed by atoms with van der Waals surface area (Å²) in [5, 5.41) is 27.1. The van der Waals surface area contributed by atoms with Crippen molar-refractivity contribution >= 4 is 47.2 Å². The molecule has 3 aromatic carbocycles. The highest BCUT2D eigenvalue weighted by Gasteiger charge is 2.39. The van der Waals surface area contributed by atoms with Crippen LogP contribution in [0.3, 0.4) is 0 Å². The van der Waals surface area contributed by atoms with E-state index in [1.165, 1.54) is 6.42 Å². The summed E-state index contributed by atoms with van der Waals surface area (Å²) in [4.78, 5) is 49.2. The zero-order valence-electron chi connectivity index (χ0n) is 30.0. The average Bonchev–Trinajstić information content (AvgIpc) is 3.89. The lowest BCUT2D eigenvalue weighted by atomic mass is 9.91. The largest absolute Gasteiger partial charge is 0.507 e. The van der Waals surface area contributed by atoms with Gasteiger partial charge in [0.25, 0.3) is 5.97 Å². The molecule has 1 saturated carbocycles. The molecule has 1 aliphatic heterocycles. The second-order valence-corrected chi connectivity index (χ2v) is 12.2. The zero-order valence-corrected chi connectivity index (χ0v) is 30.8. The van der Waals surface area contributed by atoms with Gasteiger partial charge in [0.15, 0.2) is 12.1 Å². The minimum absolute atomic E-state index is 0.0235. The Labute approximate surface area is 309 Å². The van der Waals surface area contributed by atoms with Gasteiger partial charge in [0.2, 0.25) is 5.60 Å². The summed E-state index contributed by atoms with van der Waals surface area (Å²) < 4.78 is 10.7. The highest BCUT2D eigenvalue weighted by molar-refractivity contribution is 6.32. The van der Waals surface area contributed by atoms with Crippen LogP contribution in [0, 0.1) is 0 Å². The Morgan fingerprint density at radius 2 is 1.56 bits per heavy atom. The van der Waals surface area contributed by atoms with Gasteiger partial charge in [0.1, 0.15) is 24.7 Å². The van der Waals surface area contributed by atoms with Gasteiger partial charge in [-0.3, -0.25) is 14.4 Å². The average molecular weight is 738 g/mol. The molecule has 1 aliphatic carbocycles. The number of ether oxygens (including phenoxy) is 2. The van der Waals surface area contributed by atoms with Gasteiger partial charge in [-0.1, -0.05) is 104 Å². The lowest BCUT2D eigenvalue weighted by Crippen LogP contribution is -2.36. The number of benzene rings is 3. The molecule has 1 atom stereocenters. The number of carbonyl (C=O) groups is 4. The molecule has 52 heavy (non-hydrogen) atoms. The molecular weight excluding hydrogens is 690 g/mol. The van der Waals surface area contributed by atoms with Crippen LogP contribution in [0.2, 0.25) is 5.02 Å². The van der Waals surface area contributed by atoms with E-state index >= 15 is 0 Å². The van der Waals surface area contributed by atoms with Gasteiger partial charge in [-0.05, 0) is 48.7 Å². The number of hydrogen-bond acceptors (Lipinski definition) is 10. The molecule has 12 nitrogen and oxygen atoms in total. The molecule has 280 valence electrons. The molecule has 1 fully saturated rings. The number of nitrogens with one attached hydrogen (secondary N) is 2. The van der Waals surface area contributed by atoms with E-state index in [9.17, 15) is 19.5 Å². The van der Waals surface area contributed by atoms with E-state index in [1.807, 2.05) is 60.7 Å². The number of aliphatic carboxylic acids is 1. The smallest absolute Gasteiger partial charge is 0.407 e. The van der Waals surface area contributed by atoms with E-state index < -0.39 is 17.7 Å². The van der Waals surface area contributed by atoms with Crippen LogP contribution in [0.5, 0.6) is 5.75 Å². The van der Waals surface area contributed by atoms with E-state index in [0.717, 1.165) is 42.8 Å². The lowest BCUT2D eigenvalue weighted by molar-refractivity contribution is -0.134. The first-order valence-electron chi connectivity index (χ1n) is 16.8. The fraction of sp³-hybridized carbons (Fsp3) is 0.359. The third-order valence-electron chi connectivity index (χ3n) is 6.86. The highest BCUT2D eigenvalue weighted by Crippen LogP contribution is 2.42.